The molecule has 2 N–H and O–H groups in total. The molecule has 5 rings (SSSR count). The highest BCUT2D eigenvalue weighted by Crippen LogP contribution is 2.42. The molecule has 0 aliphatic carbocycles. The fourth-order valence-corrected chi connectivity index (χ4v) is 7.71. The van der Waals surface area contributed by atoms with E-state index in [4.69, 9.17) is 10.5 Å². The average Bonchev–Trinajstić information content (AvgIpc) is 3.18. The van der Waals surface area contributed by atoms with Crippen LogP contribution in [0.25, 0.3) is 10.8 Å². The van der Waals surface area contributed by atoms with Crippen LogP contribution in [0.4, 0.5) is 8.78 Å². The van der Waals surface area contributed by atoms with Crippen LogP contribution in [0.1, 0.15) is 45.1 Å². The van der Waals surface area contributed by atoms with Gasteiger partial charge in [-0.05, 0) is 86.7 Å². The number of piperidine rings is 1. The van der Waals surface area contributed by atoms with Gasteiger partial charge in [-0.3, -0.25) is 4.79 Å². The summed E-state index contributed by atoms with van der Waals surface area (Å²) in [5.74, 6) is -4.09. The third-order valence-electron chi connectivity index (χ3n) is 8.03. The number of carbonyl (C=O) groups excluding carboxylic acids is 1. The predicted molar refractivity (Wildman–Crippen MR) is 157 cm³/mol. The Morgan fingerprint density at radius 1 is 1.02 bits per heavy atom. The van der Waals surface area contributed by atoms with Gasteiger partial charge in [-0.2, -0.15) is 13.1 Å². The van der Waals surface area contributed by atoms with E-state index in [1.54, 1.807) is 24.3 Å². The first-order chi connectivity index (χ1) is 19.3. The monoisotopic (exact) mass is 649 g/mol. The van der Waals surface area contributed by atoms with Gasteiger partial charge in [-0.25, -0.2) is 8.42 Å². The molecular formula is C30H34BrF2N3O4S. The van der Waals surface area contributed by atoms with Crippen LogP contribution < -0.4 is 10.5 Å². The summed E-state index contributed by atoms with van der Waals surface area (Å²) >= 11 is 3.25. The van der Waals surface area contributed by atoms with E-state index in [1.165, 1.54) is 41.3 Å². The predicted octanol–water partition coefficient (Wildman–Crippen LogP) is 5.65. The van der Waals surface area contributed by atoms with Crippen LogP contribution in [0.2, 0.25) is 0 Å². The summed E-state index contributed by atoms with van der Waals surface area (Å²) in [7, 11) is -3.46. The smallest absolute Gasteiger partial charge is 0.298 e. The number of hydrogen-bond donors (Lipinski definition) is 1. The fourth-order valence-electron chi connectivity index (χ4n) is 6.10. The van der Waals surface area contributed by atoms with E-state index in [1.807, 2.05) is 13.8 Å². The largest absolute Gasteiger partial charge is 0.491 e. The summed E-state index contributed by atoms with van der Waals surface area (Å²) in [5.41, 5.74) is 5.72. The van der Waals surface area contributed by atoms with Crippen molar-refractivity contribution in [3.63, 3.8) is 0 Å². The molecule has 0 saturated carbocycles. The maximum Gasteiger partial charge on any atom is 0.298 e. The van der Waals surface area contributed by atoms with Crippen molar-refractivity contribution in [1.29, 1.82) is 0 Å². The second kappa shape index (κ2) is 11.2. The number of rotatable bonds is 8. The molecule has 2 aliphatic rings. The Labute approximate surface area is 247 Å². The van der Waals surface area contributed by atoms with Crippen molar-refractivity contribution in [2.24, 2.45) is 5.73 Å². The minimum absolute atomic E-state index is 0.0338. The number of carbonyl (C=O) groups is 1. The third-order valence-corrected chi connectivity index (χ3v) is 10.4. The Hall–Kier alpha value is -2.60. The lowest BCUT2D eigenvalue weighted by atomic mass is 9.94. The lowest BCUT2D eigenvalue weighted by Crippen LogP contribution is -2.61. The summed E-state index contributed by atoms with van der Waals surface area (Å²) in [6, 6.07) is 12.0. The van der Waals surface area contributed by atoms with Gasteiger partial charge in [-0.1, -0.05) is 40.2 Å². The van der Waals surface area contributed by atoms with Crippen LogP contribution in [0, 0.1) is 0 Å². The normalized spacial score (nSPS) is 22.0. The second-order valence-corrected chi connectivity index (χ2v) is 14.2. The summed E-state index contributed by atoms with van der Waals surface area (Å²) in [6.07, 6.45) is 2.29. The molecule has 3 atom stereocenters. The molecule has 3 aromatic carbocycles. The van der Waals surface area contributed by atoms with Crippen molar-refractivity contribution in [3.8, 4) is 5.75 Å². The molecule has 2 saturated heterocycles. The van der Waals surface area contributed by atoms with Crippen LogP contribution >= 0.6 is 15.9 Å². The first-order valence-corrected chi connectivity index (χ1v) is 15.9. The van der Waals surface area contributed by atoms with Gasteiger partial charge in [0.2, 0.25) is 15.9 Å². The summed E-state index contributed by atoms with van der Waals surface area (Å²) in [6.45, 7) is 3.81. The Kier molecular flexibility index (Phi) is 8.19. The standard InChI is InChI=1S/C30H34BrF2N3O4S/c1-18(2)40-26-12-4-20-15-27(13-5-19(20)14-26)41(38,39)35(3)28(30(32,33)21-6-8-22(31)9-7-21)29(37)36-24-10-11-25(36)17-23(34)16-24/h4-9,12-15,18,23-25,28H,10-11,16-17,34H2,1-3H3/t23?,24?,25?,28-/m0/s1. The van der Waals surface area contributed by atoms with Crippen LogP contribution in [-0.2, 0) is 20.7 Å². The van der Waals surface area contributed by atoms with Crippen LogP contribution in [0.15, 0.2) is 70.0 Å². The molecule has 1 amide bonds. The third kappa shape index (κ3) is 5.74. The zero-order valence-corrected chi connectivity index (χ0v) is 25.5. The fraction of sp³-hybridized carbons (Fsp3) is 0.433. The minimum Gasteiger partial charge on any atom is -0.491 e. The molecule has 0 spiro atoms. The molecule has 11 heteroatoms. The van der Waals surface area contributed by atoms with Crippen molar-refractivity contribution in [2.75, 3.05) is 7.05 Å². The van der Waals surface area contributed by atoms with Crippen molar-refractivity contribution in [2.45, 2.75) is 80.6 Å². The SMILES string of the molecule is CC(C)Oc1ccc2cc(S(=O)(=O)N(C)[C@@H](C(=O)N3C4CCC3CC(N)C4)C(F)(F)c3ccc(Br)cc3)ccc2c1. The van der Waals surface area contributed by atoms with E-state index in [2.05, 4.69) is 15.9 Å². The Morgan fingerprint density at radius 2 is 1.61 bits per heavy atom. The van der Waals surface area contributed by atoms with Crippen LogP contribution in [-0.4, -0.2) is 60.8 Å². The van der Waals surface area contributed by atoms with Gasteiger partial charge >= 0.3 is 0 Å². The lowest BCUT2D eigenvalue weighted by molar-refractivity contribution is -0.154. The van der Waals surface area contributed by atoms with Gasteiger partial charge < -0.3 is 15.4 Å². The molecule has 7 nitrogen and oxygen atoms in total. The number of halogens is 3. The minimum atomic E-state index is -4.53. The maximum atomic E-state index is 16.4. The zero-order valence-electron chi connectivity index (χ0n) is 23.1. The number of alkyl halides is 2. The second-order valence-electron chi connectivity index (χ2n) is 11.3. The maximum absolute atomic E-state index is 16.4. The summed E-state index contributed by atoms with van der Waals surface area (Å²) < 4.78 is 67.6. The topological polar surface area (TPSA) is 92.9 Å². The van der Waals surface area contributed by atoms with Crippen molar-refractivity contribution in [1.82, 2.24) is 9.21 Å². The van der Waals surface area contributed by atoms with E-state index in [-0.39, 0.29) is 29.1 Å². The lowest BCUT2D eigenvalue weighted by Gasteiger charge is -2.42. The highest BCUT2D eigenvalue weighted by molar-refractivity contribution is 9.10. The molecule has 41 heavy (non-hydrogen) atoms. The number of nitrogens with two attached hydrogens (primary N) is 1. The first-order valence-electron chi connectivity index (χ1n) is 13.7. The van der Waals surface area contributed by atoms with Crippen molar-refractivity contribution >= 4 is 42.6 Å². The number of ether oxygens (including phenoxy) is 1. The molecular weight excluding hydrogens is 616 g/mol. The molecule has 0 radical (unpaired) electrons. The molecule has 2 fully saturated rings. The Bertz CT molecular complexity index is 1540. The van der Waals surface area contributed by atoms with E-state index in [0.29, 0.717) is 45.6 Å². The number of hydrogen-bond acceptors (Lipinski definition) is 5. The highest BCUT2D eigenvalue weighted by Gasteiger charge is 2.56. The van der Waals surface area contributed by atoms with Gasteiger partial charge in [0.05, 0.1) is 11.0 Å². The van der Waals surface area contributed by atoms with Crippen LogP contribution in [0.3, 0.4) is 0 Å². The first kappa shape index (κ1) is 29.9. The van der Waals surface area contributed by atoms with Crippen LogP contribution in [0.5, 0.6) is 5.75 Å². The quantitative estimate of drug-likeness (QED) is 0.340. The molecule has 2 unspecified atom stereocenters. The Morgan fingerprint density at radius 3 is 2.22 bits per heavy atom. The molecule has 3 aromatic rings. The van der Waals surface area contributed by atoms with E-state index in [9.17, 15) is 13.2 Å². The summed E-state index contributed by atoms with van der Waals surface area (Å²) in [5, 5.41) is 1.33. The molecule has 0 aromatic heterocycles. The number of likely N-dealkylation sites (N-methyl/N-ethyl adjacent to an activating group) is 1. The Balaban J connectivity index is 1.55. The number of nitrogens with zero attached hydrogens (tertiary/aromatic N) is 2. The van der Waals surface area contributed by atoms with Gasteiger partial charge in [0, 0.05) is 35.2 Å². The van der Waals surface area contributed by atoms with Crippen molar-refractivity contribution < 1.29 is 26.7 Å². The molecule has 2 heterocycles. The van der Waals surface area contributed by atoms with Crippen molar-refractivity contribution in [3.05, 3.63) is 70.7 Å². The number of fused-ring (bicyclic) bond motifs is 3. The average molecular weight is 651 g/mol. The summed E-state index contributed by atoms with van der Waals surface area (Å²) in [4.78, 5) is 15.4. The number of sulfonamides is 1. The number of benzene rings is 3. The molecule has 220 valence electrons. The van der Waals surface area contributed by atoms with E-state index < -0.39 is 33.5 Å². The highest BCUT2D eigenvalue weighted by atomic mass is 79.9. The van der Waals surface area contributed by atoms with Gasteiger partial charge in [0.25, 0.3) is 5.92 Å². The molecule has 2 bridgehead atoms. The van der Waals surface area contributed by atoms with Gasteiger partial charge in [0.1, 0.15) is 5.75 Å². The molecule has 2 aliphatic heterocycles. The van der Waals surface area contributed by atoms with E-state index >= 15 is 8.78 Å². The van der Waals surface area contributed by atoms with Gasteiger partial charge in [0.15, 0.2) is 6.04 Å². The van der Waals surface area contributed by atoms with E-state index in [0.717, 1.165) is 12.4 Å². The number of amides is 1. The zero-order chi connectivity index (χ0) is 29.7. The van der Waals surface area contributed by atoms with Gasteiger partial charge in [-0.15, -0.1) is 0 Å².